The summed E-state index contributed by atoms with van der Waals surface area (Å²) in [5, 5.41) is 4.90. The maximum atomic E-state index is 2.36. The number of benzene rings is 10. The van der Waals surface area contributed by atoms with E-state index in [1.807, 2.05) is 0 Å². The van der Waals surface area contributed by atoms with Crippen LogP contribution in [0.2, 0.25) is 0 Å². The third kappa shape index (κ3) is 6.67. The molecule has 58 heavy (non-hydrogen) atoms. The van der Waals surface area contributed by atoms with Crippen molar-refractivity contribution >= 4 is 55.7 Å². The largest absolute Gasteiger partial charge is 0.311 e. The second-order valence-corrected chi connectivity index (χ2v) is 14.6. The topological polar surface area (TPSA) is 6.48 Å². The Balaban J connectivity index is 1.02. The number of hydrogen-bond donors (Lipinski definition) is 0. The van der Waals surface area contributed by atoms with Crippen LogP contribution in [0.1, 0.15) is 0 Å². The van der Waals surface area contributed by atoms with Gasteiger partial charge in [-0.15, -0.1) is 0 Å². The number of para-hydroxylation sites is 2. The first-order valence-electron chi connectivity index (χ1n) is 19.8. The predicted molar refractivity (Wildman–Crippen MR) is 247 cm³/mol. The van der Waals surface area contributed by atoms with Gasteiger partial charge in [0.1, 0.15) is 0 Å². The summed E-state index contributed by atoms with van der Waals surface area (Å²) in [6.07, 6.45) is 0. The van der Waals surface area contributed by atoms with Crippen molar-refractivity contribution in [2.24, 2.45) is 0 Å². The molecular weight excluding hydrogens is 701 g/mol. The molecule has 10 aromatic carbocycles. The molecule has 10 rings (SSSR count). The van der Waals surface area contributed by atoms with Crippen LogP contribution in [0.3, 0.4) is 0 Å². The lowest BCUT2D eigenvalue weighted by atomic mass is 9.91. The molecule has 2 heteroatoms. The highest BCUT2D eigenvalue weighted by molar-refractivity contribution is 6.07. The van der Waals surface area contributed by atoms with Crippen molar-refractivity contribution in [3.63, 3.8) is 0 Å². The van der Waals surface area contributed by atoms with Crippen molar-refractivity contribution in [1.82, 2.24) is 0 Å². The van der Waals surface area contributed by atoms with Gasteiger partial charge in [0.05, 0.1) is 5.69 Å². The number of hydrogen-bond acceptors (Lipinski definition) is 2. The van der Waals surface area contributed by atoms with Crippen LogP contribution in [0.5, 0.6) is 0 Å². The zero-order chi connectivity index (χ0) is 38.7. The predicted octanol–water partition coefficient (Wildman–Crippen LogP) is 15.9. The fourth-order valence-corrected chi connectivity index (χ4v) is 8.27. The Morgan fingerprint density at radius 2 is 0.603 bits per heavy atom. The van der Waals surface area contributed by atoms with E-state index < -0.39 is 0 Å². The first-order chi connectivity index (χ1) is 28.8. The van der Waals surface area contributed by atoms with Crippen molar-refractivity contribution in [2.75, 3.05) is 9.80 Å². The Morgan fingerprint density at radius 1 is 0.224 bits per heavy atom. The molecule has 0 N–H and O–H groups in total. The maximum absolute atomic E-state index is 2.36. The van der Waals surface area contributed by atoms with Gasteiger partial charge < -0.3 is 9.80 Å². The van der Waals surface area contributed by atoms with E-state index in [0.717, 1.165) is 34.1 Å². The molecular formula is C56H40N2. The van der Waals surface area contributed by atoms with Gasteiger partial charge in [-0.2, -0.15) is 0 Å². The van der Waals surface area contributed by atoms with Crippen LogP contribution in [0.4, 0.5) is 34.1 Å². The number of rotatable bonds is 9. The lowest BCUT2D eigenvalue weighted by Gasteiger charge is -2.27. The number of nitrogens with zero attached hydrogens (tertiary/aromatic N) is 2. The summed E-state index contributed by atoms with van der Waals surface area (Å²) in [5.74, 6) is 0. The Kier molecular flexibility index (Phi) is 9.27. The van der Waals surface area contributed by atoms with E-state index in [-0.39, 0.29) is 0 Å². The molecule has 0 amide bonds. The van der Waals surface area contributed by atoms with Gasteiger partial charge in [0, 0.05) is 33.8 Å². The molecule has 0 spiro atoms. The summed E-state index contributed by atoms with van der Waals surface area (Å²) in [6.45, 7) is 0. The van der Waals surface area contributed by atoms with Gasteiger partial charge in [-0.05, 0) is 116 Å². The SMILES string of the molecule is c1ccc(-c2ccc(N(c3ccccc3)c3ccc(-c4cccc5cccc(-c6ccc(N(c7ccccc7)c7cccc8ccccc78)cc6)c45)cc3)cc2)cc1. The molecule has 0 aliphatic rings. The van der Waals surface area contributed by atoms with Gasteiger partial charge in [-0.25, -0.2) is 0 Å². The quantitative estimate of drug-likeness (QED) is 0.145. The van der Waals surface area contributed by atoms with Crippen molar-refractivity contribution in [2.45, 2.75) is 0 Å². The Bertz CT molecular complexity index is 2950. The van der Waals surface area contributed by atoms with E-state index in [1.165, 1.54) is 54.9 Å². The van der Waals surface area contributed by atoms with Crippen molar-refractivity contribution < 1.29 is 0 Å². The molecule has 10 aromatic rings. The van der Waals surface area contributed by atoms with Crippen LogP contribution in [-0.2, 0) is 0 Å². The minimum absolute atomic E-state index is 1.10. The summed E-state index contributed by atoms with van der Waals surface area (Å²) >= 11 is 0. The molecule has 0 atom stereocenters. The molecule has 0 radical (unpaired) electrons. The summed E-state index contributed by atoms with van der Waals surface area (Å²) in [6, 6.07) is 87.2. The van der Waals surface area contributed by atoms with E-state index in [4.69, 9.17) is 0 Å². The molecule has 0 fully saturated rings. The van der Waals surface area contributed by atoms with E-state index in [0.29, 0.717) is 0 Å². The first kappa shape index (κ1) is 34.8. The highest BCUT2D eigenvalue weighted by Gasteiger charge is 2.17. The van der Waals surface area contributed by atoms with E-state index >= 15 is 0 Å². The van der Waals surface area contributed by atoms with Gasteiger partial charge in [-0.3, -0.25) is 0 Å². The second-order valence-electron chi connectivity index (χ2n) is 14.6. The maximum Gasteiger partial charge on any atom is 0.0540 e. The van der Waals surface area contributed by atoms with Gasteiger partial charge in [-0.1, -0.05) is 176 Å². The van der Waals surface area contributed by atoms with Gasteiger partial charge >= 0.3 is 0 Å². The minimum Gasteiger partial charge on any atom is -0.311 e. The van der Waals surface area contributed by atoms with Crippen LogP contribution >= 0.6 is 0 Å². The monoisotopic (exact) mass is 740 g/mol. The average molecular weight is 741 g/mol. The third-order valence-corrected chi connectivity index (χ3v) is 11.0. The lowest BCUT2D eigenvalue weighted by molar-refractivity contribution is 1.28. The Labute approximate surface area is 340 Å². The van der Waals surface area contributed by atoms with Gasteiger partial charge in [0.15, 0.2) is 0 Å². The van der Waals surface area contributed by atoms with Crippen molar-refractivity contribution in [3.8, 4) is 33.4 Å². The van der Waals surface area contributed by atoms with Crippen molar-refractivity contribution in [1.29, 1.82) is 0 Å². The zero-order valence-electron chi connectivity index (χ0n) is 32.0. The minimum atomic E-state index is 1.10. The first-order valence-corrected chi connectivity index (χ1v) is 19.8. The lowest BCUT2D eigenvalue weighted by Crippen LogP contribution is -2.10. The Hall–Kier alpha value is -7.68. The van der Waals surface area contributed by atoms with Crippen LogP contribution in [0.15, 0.2) is 243 Å². The third-order valence-electron chi connectivity index (χ3n) is 11.0. The molecule has 0 aliphatic heterocycles. The number of fused-ring (bicyclic) bond motifs is 2. The molecule has 0 heterocycles. The van der Waals surface area contributed by atoms with E-state index in [2.05, 4.69) is 252 Å². The summed E-state index contributed by atoms with van der Waals surface area (Å²) < 4.78 is 0. The number of anilines is 6. The fraction of sp³-hybridized carbons (Fsp3) is 0. The molecule has 0 saturated carbocycles. The molecule has 274 valence electrons. The summed E-state index contributed by atoms with van der Waals surface area (Å²) in [5.41, 5.74) is 13.9. The smallest absolute Gasteiger partial charge is 0.0540 e. The van der Waals surface area contributed by atoms with Gasteiger partial charge in [0.2, 0.25) is 0 Å². The fourth-order valence-electron chi connectivity index (χ4n) is 8.27. The van der Waals surface area contributed by atoms with Crippen LogP contribution in [0, 0.1) is 0 Å². The molecule has 2 nitrogen and oxygen atoms in total. The molecule has 0 saturated heterocycles. The van der Waals surface area contributed by atoms with Crippen molar-refractivity contribution in [3.05, 3.63) is 243 Å². The summed E-state index contributed by atoms with van der Waals surface area (Å²) in [4.78, 5) is 4.68. The zero-order valence-corrected chi connectivity index (χ0v) is 32.0. The van der Waals surface area contributed by atoms with Crippen LogP contribution < -0.4 is 9.80 Å². The van der Waals surface area contributed by atoms with E-state index in [9.17, 15) is 0 Å². The normalized spacial score (nSPS) is 11.1. The standard InChI is InChI=1S/C56H40N2/c1-4-15-41(16-5-1)42-29-35-49(36-30-42)57(47-21-6-2-7-22-47)50-37-31-44(32-38-50)53-26-12-19-46-20-13-27-54(56(46)53)45-33-39-51(40-34-45)58(48-23-8-3-9-24-48)55-28-14-18-43-17-10-11-25-52(43)55/h1-40H. The van der Waals surface area contributed by atoms with E-state index in [1.54, 1.807) is 0 Å². The highest BCUT2D eigenvalue weighted by Crippen LogP contribution is 2.42. The molecule has 0 aromatic heterocycles. The second kappa shape index (κ2) is 15.5. The molecule has 0 bridgehead atoms. The molecule has 0 unspecified atom stereocenters. The molecule has 0 aliphatic carbocycles. The van der Waals surface area contributed by atoms with Crippen LogP contribution in [0.25, 0.3) is 54.9 Å². The van der Waals surface area contributed by atoms with Crippen LogP contribution in [-0.4, -0.2) is 0 Å². The summed E-state index contributed by atoms with van der Waals surface area (Å²) in [7, 11) is 0. The highest BCUT2D eigenvalue weighted by atomic mass is 15.1. The van der Waals surface area contributed by atoms with Gasteiger partial charge in [0.25, 0.3) is 0 Å². The average Bonchev–Trinajstić information content (AvgIpc) is 3.31. The Morgan fingerprint density at radius 3 is 1.17 bits per heavy atom.